The van der Waals surface area contributed by atoms with Crippen LogP contribution in [0.15, 0.2) is 12.1 Å². The van der Waals surface area contributed by atoms with Gasteiger partial charge in [0.15, 0.2) is 5.78 Å². The van der Waals surface area contributed by atoms with E-state index >= 15 is 0 Å². The SMILES string of the molecule is CC(=O)c1c(O)ccc(Cl)c1I. The van der Waals surface area contributed by atoms with Crippen LogP contribution < -0.4 is 0 Å². The van der Waals surface area contributed by atoms with Gasteiger partial charge in [-0.05, 0) is 41.6 Å². The summed E-state index contributed by atoms with van der Waals surface area (Å²) in [5.74, 6) is -0.198. The molecule has 0 fully saturated rings. The average molecular weight is 296 g/mol. The first-order chi connectivity index (χ1) is 5.54. The van der Waals surface area contributed by atoms with Crippen LogP contribution in [-0.4, -0.2) is 10.9 Å². The predicted octanol–water partition coefficient (Wildman–Crippen LogP) is 2.85. The van der Waals surface area contributed by atoms with Crippen LogP contribution in [-0.2, 0) is 0 Å². The van der Waals surface area contributed by atoms with E-state index in [-0.39, 0.29) is 11.5 Å². The van der Waals surface area contributed by atoms with Crippen molar-refractivity contribution in [3.05, 3.63) is 26.3 Å². The van der Waals surface area contributed by atoms with Gasteiger partial charge in [-0.3, -0.25) is 4.79 Å². The van der Waals surface area contributed by atoms with Crippen LogP contribution >= 0.6 is 34.2 Å². The molecule has 0 amide bonds. The number of Topliss-reactive ketones (excluding diaryl/α,β-unsaturated/α-hetero) is 1. The number of phenolic OH excluding ortho intramolecular Hbond substituents is 1. The maximum atomic E-state index is 11.0. The van der Waals surface area contributed by atoms with Gasteiger partial charge < -0.3 is 5.11 Å². The van der Waals surface area contributed by atoms with Crippen molar-refractivity contribution in [3.8, 4) is 5.75 Å². The average Bonchev–Trinajstić information content (AvgIpc) is 1.97. The number of halogens is 2. The first-order valence-electron chi connectivity index (χ1n) is 3.22. The van der Waals surface area contributed by atoms with Crippen molar-refractivity contribution in [2.75, 3.05) is 0 Å². The minimum absolute atomic E-state index is 0.0173. The summed E-state index contributed by atoms with van der Waals surface area (Å²) in [5.41, 5.74) is 0.295. The van der Waals surface area contributed by atoms with Crippen molar-refractivity contribution in [3.63, 3.8) is 0 Å². The Hall–Kier alpha value is -0.290. The molecule has 2 nitrogen and oxygen atoms in total. The van der Waals surface area contributed by atoms with Gasteiger partial charge in [-0.2, -0.15) is 0 Å². The molecule has 1 N–H and O–H groups in total. The van der Waals surface area contributed by atoms with Gasteiger partial charge in [-0.1, -0.05) is 11.6 Å². The molecule has 12 heavy (non-hydrogen) atoms. The van der Waals surface area contributed by atoms with Gasteiger partial charge in [-0.15, -0.1) is 0 Å². The van der Waals surface area contributed by atoms with E-state index in [1.165, 1.54) is 13.0 Å². The van der Waals surface area contributed by atoms with Gasteiger partial charge in [0.25, 0.3) is 0 Å². The number of carbonyl (C=O) groups is 1. The molecular weight excluding hydrogens is 290 g/mol. The van der Waals surface area contributed by atoms with E-state index in [1.54, 1.807) is 6.07 Å². The first-order valence-corrected chi connectivity index (χ1v) is 4.67. The Kier molecular flexibility index (Phi) is 2.95. The highest BCUT2D eigenvalue weighted by Crippen LogP contribution is 2.29. The quantitative estimate of drug-likeness (QED) is 0.639. The summed E-state index contributed by atoms with van der Waals surface area (Å²) < 4.78 is 0.599. The van der Waals surface area contributed by atoms with E-state index in [0.717, 1.165) is 0 Å². The molecular formula is C8H6ClIO2. The fourth-order valence-electron chi connectivity index (χ4n) is 0.875. The molecule has 0 aliphatic rings. The zero-order valence-electron chi connectivity index (χ0n) is 6.27. The fraction of sp³-hybridized carbons (Fsp3) is 0.125. The van der Waals surface area contributed by atoms with Gasteiger partial charge in [0.05, 0.1) is 10.6 Å². The summed E-state index contributed by atoms with van der Waals surface area (Å²) in [6.07, 6.45) is 0. The van der Waals surface area contributed by atoms with Crippen molar-refractivity contribution >= 4 is 40.0 Å². The lowest BCUT2D eigenvalue weighted by atomic mass is 10.1. The lowest BCUT2D eigenvalue weighted by molar-refractivity contribution is 0.101. The summed E-state index contributed by atoms with van der Waals surface area (Å²) in [4.78, 5) is 11.0. The Bertz CT molecular complexity index is 336. The molecule has 0 heterocycles. The van der Waals surface area contributed by atoms with Crippen molar-refractivity contribution < 1.29 is 9.90 Å². The molecule has 0 radical (unpaired) electrons. The van der Waals surface area contributed by atoms with Crippen molar-refractivity contribution in [1.82, 2.24) is 0 Å². The third-order valence-corrected chi connectivity index (χ3v) is 3.18. The van der Waals surface area contributed by atoms with Crippen molar-refractivity contribution in [2.24, 2.45) is 0 Å². The molecule has 0 atom stereocenters. The largest absolute Gasteiger partial charge is 0.507 e. The van der Waals surface area contributed by atoms with Crippen LogP contribution in [0.4, 0.5) is 0 Å². The Balaban J connectivity index is 3.43. The molecule has 1 aromatic rings. The van der Waals surface area contributed by atoms with Crippen LogP contribution in [0.1, 0.15) is 17.3 Å². The highest BCUT2D eigenvalue weighted by molar-refractivity contribution is 14.1. The molecule has 0 spiro atoms. The number of ketones is 1. The number of carbonyl (C=O) groups excluding carboxylic acids is 1. The Morgan fingerprint density at radius 1 is 1.58 bits per heavy atom. The summed E-state index contributed by atoms with van der Waals surface area (Å²) in [6.45, 7) is 1.40. The second-order valence-electron chi connectivity index (χ2n) is 2.31. The molecule has 1 rings (SSSR count). The molecule has 0 aliphatic carbocycles. The second-order valence-corrected chi connectivity index (χ2v) is 3.80. The van der Waals surface area contributed by atoms with Gasteiger partial charge in [0.1, 0.15) is 5.75 Å². The highest BCUT2D eigenvalue weighted by atomic mass is 127. The lowest BCUT2D eigenvalue weighted by Crippen LogP contribution is -1.96. The third kappa shape index (κ3) is 1.72. The monoisotopic (exact) mass is 296 g/mol. The summed E-state index contributed by atoms with van der Waals surface area (Å²) >= 11 is 7.69. The van der Waals surface area contributed by atoms with Gasteiger partial charge in [0.2, 0.25) is 0 Å². The minimum atomic E-state index is -0.181. The van der Waals surface area contributed by atoms with Gasteiger partial charge in [-0.25, -0.2) is 0 Å². The number of hydrogen-bond donors (Lipinski definition) is 1. The molecule has 1 aromatic carbocycles. The second kappa shape index (κ2) is 3.62. The maximum Gasteiger partial charge on any atom is 0.164 e. The maximum absolute atomic E-state index is 11.0. The Morgan fingerprint density at radius 3 is 2.58 bits per heavy atom. The Morgan fingerprint density at radius 2 is 2.17 bits per heavy atom. The molecule has 0 aliphatic heterocycles. The number of hydrogen-bond acceptors (Lipinski definition) is 2. The number of rotatable bonds is 1. The van der Waals surface area contributed by atoms with Crippen molar-refractivity contribution in [1.29, 1.82) is 0 Å². The standard InChI is InChI=1S/C8H6ClIO2/c1-4(11)7-6(12)3-2-5(9)8(7)10/h2-3,12H,1H3. The summed E-state index contributed by atoms with van der Waals surface area (Å²) in [6, 6.07) is 2.98. The zero-order chi connectivity index (χ0) is 9.30. The van der Waals surface area contributed by atoms with Crippen LogP contribution in [0.3, 0.4) is 0 Å². The molecule has 0 saturated heterocycles. The molecule has 64 valence electrons. The zero-order valence-corrected chi connectivity index (χ0v) is 9.18. The topological polar surface area (TPSA) is 37.3 Å². The number of benzene rings is 1. The van der Waals surface area contributed by atoms with E-state index in [0.29, 0.717) is 14.2 Å². The smallest absolute Gasteiger partial charge is 0.164 e. The summed E-state index contributed by atoms with van der Waals surface area (Å²) in [7, 11) is 0. The van der Waals surface area contributed by atoms with Gasteiger partial charge in [0, 0.05) is 3.57 Å². The number of phenols is 1. The van der Waals surface area contributed by atoms with Crippen LogP contribution in [0.2, 0.25) is 5.02 Å². The van der Waals surface area contributed by atoms with Crippen molar-refractivity contribution in [2.45, 2.75) is 6.92 Å². The highest BCUT2D eigenvalue weighted by Gasteiger charge is 2.13. The number of aromatic hydroxyl groups is 1. The molecule has 0 saturated carbocycles. The van der Waals surface area contributed by atoms with E-state index in [4.69, 9.17) is 11.6 Å². The van der Waals surface area contributed by atoms with Crippen LogP contribution in [0.5, 0.6) is 5.75 Å². The van der Waals surface area contributed by atoms with Crippen LogP contribution in [0, 0.1) is 3.57 Å². The van der Waals surface area contributed by atoms with Gasteiger partial charge >= 0.3 is 0 Å². The lowest BCUT2D eigenvalue weighted by Gasteiger charge is -2.04. The molecule has 0 bridgehead atoms. The normalized spacial score (nSPS) is 9.92. The van der Waals surface area contributed by atoms with E-state index in [1.807, 2.05) is 22.6 Å². The first kappa shape index (κ1) is 9.80. The molecule has 4 heteroatoms. The molecule has 0 unspecified atom stereocenters. The predicted molar refractivity (Wildman–Crippen MR) is 55.8 cm³/mol. The van der Waals surface area contributed by atoms with E-state index in [9.17, 15) is 9.90 Å². The minimum Gasteiger partial charge on any atom is -0.507 e. The summed E-state index contributed by atoms with van der Waals surface area (Å²) in [5, 5.41) is 9.79. The van der Waals surface area contributed by atoms with E-state index < -0.39 is 0 Å². The van der Waals surface area contributed by atoms with Crippen LogP contribution in [0.25, 0.3) is 0 Å². The fourth-order valence-corrected chi connectivity index (χ4v) is 1.87. The third-order valence-electron chi connectivity index (χ3n) is 1.42. The Labute approximate surface area is 88.7 Å². The molecule has 0 aromatic heterocycles. The van der Waals surface area contributed by atoms with E-state index in [2.05, 4.69) is 0 Å².